The van der Waals surface area contributed by atoms with Gasteiger partial charge < -0.3 is 13.9 Å². The second-order valence-corrected chi connectivity index (χ2v) is 6.34. The zero-order chi connectivity index (χ0) is 15.7. The molecule has 0 bridgehead atoms. The number of hydrogen-bond donors (Lipinski definition) is 0. The second kappa shape index (κ2) is 6.26. The quantitative estimate of drug-likeness (QED) is 0.873. The molecule has 1 saturated heterocycles. The maximum atomic E-state index is 11.9. The third-order valence-electron chi connectivity index (χ3n) is 4.08. The Labute approximate surface area is 134 Å². The van der Waals surface area contributed by atoms with E-state index < -0.39 is 0 Å². The summed E-state index contributed by atoms with van der Waals surface area (Å²) in [4.78, 5) is 16.3. The predicted molar refractivity (Wildman–Crippen MR) is 86.2 cm³/mol. The predicted octanol–water partition coefficient (Wildman–Crippen LogP) is 2.64. The van der Waals surface area contributed by atoms with Crippen LogP contribution in [-0.2, 0) is 18.3 Å². The van der Waals surface area contributed by atoms with Crippen LogP contribution in [0.3, 0.4) is 0 Å². The number of aromatic nitrogens is 3. The van der Waals surface area contributed by atoms with E-state index in [0.717, 1.165) is 44.0 Å². The van der Waals surface area contributed by atoms with E-state index in [9.17, 15) is 4.79 Å². The van der Waals surface area contributed by atoms with E-state index in [1.54, 1.807) is 11.6 Å². The number of pyridine rings is 1. The molecule has 22 heavy (non-hydrogen) atoms. The van der Waals surface area contributed by atoms with Crippen LogP contribution >= 0.6 is 11.6 Å². The Bertz CT molecular complexity index is 703. The molecule has 2 aromatic rings. The van der Waals surface area contributed by atoms with Crippen LogP contribution in [0.25, 0.3) is 11.4 Å². The van der Waals surface area contributed by atoms with E-state index in [0.29, 0.717) is 16.6 Å². The lowest BCUT2D eigenvalue weighted by Gasteiger charge is -2.23. The van der Waals surface area contributed by atoms with Crippen LogP contribution in [0, 0.1) is 12.8 Å². The fourth-order valence-electron chi connectivity index (χ4n) is 2.98. The van der Waals surface area contributed by atoms with Crippen molar-refractivity contribution in [2.75, 3.05) is 13.2 Å². The Balaban J connectivity index is 1.95. The number of nitrogens with zero attached hydrogens (tertiary/aromatic N) is 3. The van der Waals surface area contributed by atoms with Gasteiger partial charge in [-0.15, -0.1) is 0 Å². The van der Waals surface area contributed by atoms with Crippen LogP contribution < -0.4 is 5.56 Å². The zero-order valence-corrected chi connectivity index (χ0v) is 13.6. The lowest BCUT2D eigenvalue weighted by molar-refractivity contribution is 0.0485. The number of aryl methyl sites for hydroxylation is 2. The average molecular weight is 322 g/mol. The van der Waals surface area contributed by atoms with Gasteiger partial charge in [-0.25, -0.2) is 4.98 Å². The largest absolute Gasteiger partial charge is 0.381 e. The molecule has 0 radical (unpaired) electrons. The fourth-order valence-corrected chi connectivity index (χ4v) is 3.18. The first-order chi connectivity index (χ1) is 10.5. The molecule has 0 amide bonds. The van der Waals surface area contributed by atoms with E-state index in [1.165, 1.54) is 0 Å². The summed E-state index contributed by atoms with van der Waals surface area (Å²) in [5.41, 5.74) is 1.61. The lowest BCUT2D eigenvalue weighted by Crippen LogP contribution is -2.22. The molecule has 0 N–H and O–H groups in total. The van der Waals surface area contributed by atoms with Crippen molar-refractivity contribution < 1.29 is 4.74 Å². The summed E-state index contributed by atoms with van der Waals surface area (Å²) in [6.07, 6.45) is 5.91. The molecule has 1 atom stereocenters. The van der Waals surface area contributed by atoms with Crippen molar-refractivity contribution in [3.63, 3.8) is 0 Å². The third kappa shape index (κ3) is 3.10. The molecule has 1 aliphatic heterocycles. The van der Waals surface area contributed by atoms with Gasteiger partial charge in [-0.2, -0.15) is 0 Å². The summed E-state index contributed by atoms with van der Waals surface area (Å²) in [6, 6.07) is 1.87. The molecule has 5 nitrogen and oxygen atoms in total. The molecular weight excluding hydrogens is 302 g/mol. The molecule has 3 rings (SSSR count). The van der Waals surface area contributed by atoms with Crippen molar-refractivity contribution in [3.05, 3.63) is 39.5 Å². The third-order valence-corrected chi connectivity index (χ3v) is 4.26. The maximum absolute atomic E-state index is 11.9. The van der Waals surface area contributed by atoms with Gasteiger partial charge in [-0.3, -0.25) is 4.79 Å². The molecule has 0 unspecified atom stereocenters. The zero-order valence-electron chi connectivity index (χ0n) is 12.9. The molecule has 0 aromatic carbocycles. The van der Waals surface area contributed by atoms with Crippen molar-refractivity contribution in [2.45, 2.75) is 26.3 Å². The van der Waals surface area contributed by atoms with Crippen LogP contribution in [0.4, 0.5) is 0 Å². The average Bonchev–Trinajstić information content (AvgIpc) is 2.86. The highest BCUT2D eigenvalue weighted by Crippen LogP contribution is 2.24. The van der Waals surface area contributed by atoms with Crippen LogP contribution in [0.2, 0.25) is 5.15 Å². The van der Waals surface area contributed by atoms with Crippen molar-refractivity contribution in [3.8, 4) is 11.4 Å². The van der Waals surface area contributed by atoms with E-state index >= 15 is 0 Å². The topological polar surface area (TPSA) is 49.0 Å². The van der Waals surface area contributed by atoms with Crippen molar-refractivity contribution in [2.24, 2.45) is 13.0 Å². The van der Waals surface area contributed by atoms with Gasteiger partial charge in [0.25, 0.3) is 5.56 Å². The number of ether oxygens (including phenoxy) is 1. The van der Waals surface area contributed by atoms with Gasteiger partial charge in [-0.1, -0.05) is 11.6 Å². The molecule has 0 spiro atoms. The number of imidazole rings is 1. The van der Waals surface area contributed by atoms with Gasteiger partial charge in [0.05, 0.1) is 6.61 Å². The van der Waals surface area contributed by atoms with Crippen molar-refractivity contribution in [1.82, 2.24) is 14.1 Å². The first kappa shape index (κ1) is 15.3. The van der Waals surface area contributed by atoms with E-state index in [4.69, 9.17) is 16.3 Å². The summed E-state index contributed by atoms with van der Waals surface area (Å²) < 4.78 is 9.20. The molecule has 0 aliphatic carbocycles. The van der Waals surface area contributed by atoms with Crippen LogP contribution in [-0.4, -0.2) is 27.3 Å². The molecule has 2 aromatic heterocycles. The number of hydrogen-bond acceptors (Lipinski definition) is 3. The summed E-state index contributed by atoms with van der Waals surface area (Å²) in [5, 5.41) is 0.471. The second-order valence-electron chi connectivity index (χ2n) is 5.95. The van der Waals surface area contributed by atoms with Gasteiger partial charge in [0.15, 0.2) is 0 Å². The Morgan fingerprint density at radius 1 is 1.45 bits per heavy atom. The Morgan fingerprint density at radius 2 is 2.27 bits per heavy atom. The standard InChI is InChI=1S/C16H20ClN3O2/c1-11-6-13(8-19(2)16(11)21)15-18-14(17)9-20(15)7-12-4-3-5-22-10-12/h6,8-9,12H,3-5,7,10H2,1-2H3/t12-/m0/s1. The first-order valence-electron chi connectivity index (χ1n) is 7.52. The molecule has 0 saturated carbocycles. The number of halogens is 1. The van der Waals surface area contributed by atoms with Crippen molar-refractivity contribution >= 4 is 11.6 Å². The molecule has 118 valence electrons. The van der Waals surface area contributed by atoms with Gasteiger partial charge >= 0.3 is 0 Å². The van der Waals surface area contributed by atoms with Gasteiger partial charge in [0.2, 0.25) is 0 Å². The van der Waals surface area contributed by atoms with Crippen LogP contribution in [0.1, 0.15) is 18.4 Å². The summed E-state index contributed by atoms with van der Waals surface area (Å²) in [6.45, 7) is 4.28. The molecule has 1 fully saturated rings. The highest BCUT2D eigenvalue weighted by atomic mass is 35.5. The molecule has 6 heteroatoms. The minimum Gasteiger partial charge on any atom is -0.381 e. The fraction of sp³-hybridized carbons (Fsp3) is 0.500. The molecule has 3 heterocycles. The Hall–Kier alpha value is -1.59. The van der Waals surface area contributed by atoms with E-state index in [2.05, 4.69) is 9.55 Å². The molecular formula is C16H20ClN3O2. The van der Waals surface area contributed by atoms with Gasteiger partial charge in [0.1, 0.15) is 11.0 Å². The minimum absolute atomic E-state index is 0.00799. The van der Waals surface area contributed by atoms with Crippen molar-refractivity contribution in [1.29, 1.82) is 0 Å². The first-order valence-corrected chi connectivity index (χ1v) is 7.90. The summed E-state index contributed by atoms with van der Waals surface area (Å²) >= 11 is 6.11. The maximum Gasteiger partial charge on any atom is 0.253 e. The Morgan fingerprint density at radius 3 is 2.95 bits per heavy atom. The number of rotatable bonds is 3. The minimum atomic E-state index is 0.00799. The SMILES string of the molecule is Cc1cc(-c2nc(Cl)cn2C[C@@H]2CCCOC2)cn(C)c1=O. The van der Waals surface area contributed by atoms with Gasteiger partial charge in [-0.05, 0) is 25.8 Å². The van der Waals surface area contributed by atoms with Gasteiger partial charge in [0, 0.05) is 49.6 Å². The normalized spacial score (nSPS) is 18.6. The van der Waals surface area contributed by atoms with Crippen LogP contribution in [0.15, 0.2) is 23.3 Å². The van der Waals surface area contributed by atoms with E-state index in [-0.39, 0.29) is 5.56 Å². The highest BCUT2D eigenvalue weighted by molar-refractivity contribution is 6.29. The van der Waals surface area contributed by atoms with E-state index in [1.807, 2.05) is 25.4 Å². The lowest BCUT2D eigenvalue weighted by atomic mass is 10.0. The smallest absolute Gasteiger partial charge is 0.253 e. The monoisotopic (exact) mass is 321 g/mol. The highest BCUT2D eigenvalue weighted by Gasteiger charge is 2.18. The molecule has 1 aliphatic rings. The summed E-state index contributed by atoms with van der Waals surface area (Å²) in [5.74, 6) is 1.28. The summed E-state index contributed by atoms with van der Waals surface area (Å²) in [7, 11) is 1.75. The Kier molecular flexibility index (Phi) is 4.36. The van der Waals surface area contributed by atoms with Crippen LogP contribution in [0.5, 0.6) is 0 Å².